The zero-order chi connectivity index (χ0) is 16.9. The summed E-state index contributed by atoms with van der Waals surface area (Å²) in [6.45, 7) is 3.66. The number of aliphatic hydroxyl groups excluding tert-OH is 2. The van der Waals surface area contributed by atoms with E-state index in [-0.39, 0.29) is 6.61 Å². The first-order valence-corrected chi connectivity index (χ1v) is 9.41. The first kappa shape index (κ1) is 23.9. The lowest BCUT2D eigenvalue weighted by molar-refractivity contribution is -0.107. The number of carbonyl (C=O) groups is 1. The van der Waals surface area contributed by atoms with Crippen molar-refractivity contribution in [3.05, 3.63) is 0 Å². The Labute approximate surface area is 138 Å². The van der Waals surface area contributed by atoms with Gasteiger partial charge in [-0.3, -0.25) is 0 Å². The van der Waals surface area contributed by atoms with Gasteiger partial charge in [-0.1, -0.05) is 84.0 Å². The largest absolute Gasteiger partial charge is 0.394 e. The maximum Gasteiger partial charge on any atom is 0.119 e. The van der Waals surface area contributed by atoms with Crippen molar-refractivity contribution in [3.8, 4) is 0 Å². The van der Waals surface area contributed by atoms with Crippen molar-refractivity contribution in [1.29, 1.82) is 0 Å². The third kappa shape index (κ3) is 27.9. The number of hydrogen-bond acceptors (Lipinski definition) is 3. The Balaban J connectivity index is 0. The second-order valence-electron chi connectivity index (χ2n) is 6.23. The van der Waals surface area contributed by atoms with E-state index >= 15 is 0 Å². The van der Waals surface area contributed by atoms with Crippen LogP contribution in [0.2, 0.25) is 0 Å². The highest BCUT2D eigenvalue weighted by Gasteiger charge is 1.93. The van der Waals surface area contributed by atoms with E-state index < -0.39 is 6.10 Å². The molecule has 0 aromatic carbocycles. The summed E-state index contributed by atoms with van der Waals surface area (Å²) in [7, 11) is 0. The molecule has 3 heteroatoms. The van der Waals surface area contributed by atoms with Crippen molar-refractivity contribution in [2.24, 2.45) is 0 Å². The Kier molecular flexibility index (Phi) is 24.8. The fraction of sp³-hybridized carbons (Fsp3) is 0.947. The molecule has 0 saturated carbocycles. The second kappa shape index (κ2) is 22.9. The summed E-state index contributed by atoms with van der Waals surface area (Å²) in [4.78, 5) is 10.1. The van der Waals surface area contributed by atoms with Crippen LogP contribution in [-0.4, -0.2) is 29.2 Å². The highest BCUT2D eigenvalue weighted by atomic mass is 16.3. The molecule has 0 aromatic rings. The van der Waals surface area contributed by atoms with Gasteiger partial charge in [0.15, 0.2) is 0 Å². The van der Waals surface area contributed by atoms with Crippen LogP contribution in [-0.2, 0) is 4.79 Å². The quantitative estimate of drug-likeness (QED) is 0.329. The molecule has 134 valence electrons. The van der Waals surface area contributed by atoms with Gasteiger partial charge in [0, 0.05) is 6.42 Å². The van der Waals surface area contributed by atoms with Gasteiger partial charge < -0.3 is 15.0 Å². The minimum Gasteiger partial charge on any atom is -0.394 e. The standard InChI is InChI=1S/C16H32O.C3H8O2/c1-2-3-4-5-6-7-8-9-10-11-12-13-14-15-16-17;1-3(5)2-4/h16H,2-15H2,1H3;3-5H,2H2,1H3. The molecule has 1 unspecified atom stereocenters. The van der Waals surface area contributed by atoms with E-state index in [2.05, 4.69) is 6.92 Å². The number of aldehydes is 1. The SMILES string of the molecule is CC(O)CO.CCCCCCCCCCCCCCCC=O. The van der Waals surface area contributed by atoms with E-state index in [9.17, 15) is 4.79 Å². The Morgan fingerprint density at radius 1 is 0.773 bits per heavy atom. The van der Waals surface area contributed by atoms with Crippen molar-refractivity contribution in [2.75, 3.05) is 6.61 Å². The predicted molar refractivity (Wildman–Crippen MR) is 95.1 cm³/mol. The molecule has 0 heterocycles. The smallest absolute Gasteiger partial charge is 0.119 e. The number of unbranched alkanes of at least 4 members (excludes halogenated alkanes) is 13. The fourth-order valence-corrected chi connectivity index (χ4v) is 2.25. The lowest BCUT2D eigenvalue weighted by Gasteiger charge is -2.02. The Hall–Kier alpha value is -0.410. The summed E-state index contributed by atoms with van der Waals surface area (Å²) in [5.41, 5.74) is 0. The minimum absolute atomic E-state index is 0.139. The molecule has 0 spiro atoms. The molecule has 0 amide bonds. The molecule has 0 aliphatic heterocycles. The molecule has 0 aliphatic carbocycles. The lowest BCUT2D eigenvalue weighted by Crippen LogP contribution is -2.03. The Morgan fingerprint density at radius 2 is 1.09 bits per heavy atom. The van der Waals surface area contributed by atoms with Crippen molar-refractivity contribution in [1.82, 2.24) is 0 Å². The molecule has 2 N–H and O–H groups in total. The van der Waals surface area contributed by atoms with Crippen molar-refractivity contribution >= 4 is 6.29 Å². The Bertz CT molecular complexity index is 193. The molecule has 0 aromatic heterocycles. The average Bonchev–Trinajstić information content (AvgIpc) is 2.52. The Morgan fingerprint density at radius 3 is 1.36 bits per heavy atom. The molecule has 0 aliphatic rings. The topological polar surface area (TPSA) is 57.5 Å². The van der Waals surface area contributed by atoms with E-state index in [0.29, 0.717) is 0 Å². The zero-order valence-corrected chi connectivity index (χ0v) is 15.1. The summed E-state index contributed by atoms with van der Waals surface area (Å²) in [6, 6.07) is 0. The van der Waals surface area contributed by atoms with Crippen LogP contribution < -0.4 is 0 Å². The fourth-order valence-electron chi connectivity index (χ4n) is 2.25. The van der Waals surface area contributed by atoms with E-state index in [0.717, 1.165) is 19.1 Å². The number of carbonyl (C=O) groups excluding carboxylic acids is 1. The van der Waals surface area contributed by atoms with Gasteiger partial charge >= 0.3 is 0 Å². The first-order valence-electron chi connectivity index (χ1n) is 9.41. The van der Waals surface area contributed by atoms with Crippen LogP contribution in [0.25, 0.3) is 0 Å². The molecule has 0 rings (SSSR count). The van der Waals surface area contributed by atoms with Crippen molar-refractivity contribution in [3.63, 3.8) is 0 Å². The van der Waals surface area contributed by atoms with Gasteiger partial charge in [-0.15, -0.1) is 0 Å². The molecule has 1 atom stereocenters. The van der Waals surface area contributed by atoms with E-state index in [1.807, 2.05) is 0 Å². The summed E-state index contributed by atoms with van der Waals surface area (Å²) in [6.07, 6.45) is 19.1. The third-order valence-electron chi connectivity index (χ3n) is 3.69. The molecule has 0 fully saturated rings. The van der Waals surface area contributed by atoms with Gasteiger partial charge in [0.2, 0.25) is 0 Å². The van der Waals surface area contributed by atoms with Crippen LogP contribution in [0.15, 0.2) is 0 Å². The van der Waals surface area contributed by atoms with Gasteiger partial charge in [0.05, 0.1) is 12.7 Å². The van der Waals surface area contributed by atoms with Gasteiger partial charge in [0.25, 0.3) is 0 Å². The zero-order valence-electron chi connectivity index (χ0n) is 15.1. The van der Waals surface area contributed by atoms with Gasteiger partial charge in [-0.2, -0.15) is 0 Å². The maximum atomic E-state index is 10.1. The van der Waals surface area contributed by atoms with Crippen molar-refractivity contribution in [2.45, 2.75) is 110 Å². The van der Waals surface area contributed by atoms with Crippen LogP contribution in [0, 0.1) is 0 Å². The molecular formula is C19H40O3. The summed E-state index contributed by atoms with van der Waals surface area (Å²) < 4.78 is 0. The third-order valence-corrected chi connectivity index (χ3v) is 3.69. The summed E-state index contributed by atoms with van der Waals surface area (Å²) in [5.74, 6) is 0. The van der Waals surface area contributed by atoms with Gasteiger partial charge in [0.1, 0.15) is 6.29 Å². The summed E-state index contributed by atoms with van der Waals surface area (Å²) >= 11 is 0. The summed E-state index contributed by atoms with van der Waals surface area (Å²) in [5, 5.41) is 16.0. The molecule has 0 bridgehead atoms. The minimum atomic E-state index is -0.560. The van der Waals surface area contributed by atoms with Crippen LogP contribution in [0.1, 0.15) is 104 Å². The average molecular weight is 317 g/mol. The van der Waals surface area contributed by atoms with Crippen LogP contribution in [0.4, 0.5) is 0 Å². The number of hydrogen-bond donors (Lipinski definition) is 2. The van der Waals surface area contributed by atoms with E-state index in [1.165, 1.54) is 84.0 Å². The van der Waals surface area contributed by atoms with Crippen LogP contribution in [0.5, 0.6) is 0 Å². The first-order chi connectivity index (χ1) is 10.7. The second-order valence-corrected chi connectivity index (χ2v) is 6.23. The number of aliphatic hydroxyl groups is 2. The van der Waals surface area contributed by atoms with E-state index in [4.69, 9.17) is 10.2 Å². The normalized spacial score (nSPS) is 11.6. The van der Waals surface area contributed by atoms with Crippen LogP contribution >= 0.6 is 0 Å². The molecule has 0 saturated heterocycles. The van der Waals surface area contributed by atoms with Gasteiger partial charge in [-0.25, -0.2) is 0 Å². The van der Waals surface area contributed by atoms with Crippen LogP contribution in [0.3, 0.4) is 0 Å². The highest BCUT2D eigenvalue weighted by Crippen LogP contribution is 2.12. The number of rotatable bonds is 15. The van der Waals surface area contributed by atoms with Crippen molar-refractivity contribution < 1.29 is 15.0 Å². The molecule has 3 nitrogen and oxygen atoms in total. The lowest BCUT2D eigenvalue weighted by atomic mass is 10.0. The molecule has 0 radical (unpaired) electrons. The highest BCUT2D eigenvalue weighted by molar-refractivity contribution is 5.48. The molecule has 22 heavy (non-hydrogen) atoms. The predicted octanol–water partition coefficient (Wildman–Crippen LogP) is 5.03. The maximum absolute atomic E-state index is 10.1. The van der Waals surface area contributed by atoms with Gasteiger partial charge in [-0.05, 0) is 13.3 Å². The van der Waals surface area contributed by atoms with E-state index in [1.54, 1.807) is 0 Å². The monoisotopic (exact) mass is 316 g/mol. The molecular weight excluding hydrogens is 276 g/mol.